The first kappa shape index (κ1) is 11.0. The molecule has 0 aliphatic heterocycles. The summed E-state index contributed by atoms with van der Waals surface area (Å²) in [4.78, 5) is 7.88. The summed E-state index contributed by atoms with van der Waals surface area (Å²) in [6.45, 7) is 1.89. The molecule has 0 spiro atoms. The van der Waals surface area contributed by atoms with Gasteiger partial charge in [-0.25, -0.2) is 14.4 Å². The highest BCUT2D eigenvalue weighted by Gasteiger charge is 2.13. The summed E-state index contributed by atoms with van der Waals surface area (Å²) in [6, 6.07) is 8.39. The molecular weight excluding hydrogens is 227 g/mol. The van der Waals surface area contributed by atoms with Gasteiger partial charge < -0.3 is 0 Å². The van der Waals surface area contributed by atoms with Crippen molar-refractivity contribution >= 4 is 11.6 Å². The van der Waals surface area contributed by atoms with Crippen molar-refractivity contribution in [2.24, 2.45) is 0 Å². The number of aromatic nitrogens is 2. The van der Waals surface area contributed by atoms with Crippen LogP contribution in [0.4, 0.5) is 4.39 Å². The summed E-state index contributed by atoms with van der Waals surface area (Å²) in [5.74, 6) is -0.369. The van der Waals surface area contributed by atoms with Gasteiger partial charge in [0.1, 0.15) is 5.82 Å². The Morgan fingerprint density at radius 2 is 2.00 bits per heavy atom. The zero-order valence-electron chi connectivity index (χ0n) is 8.69. The lowest BCUT2D eigenvalue weighted by molar-refractivity contribution is 0.601. The molecule has 0 aliphatic carbocycles. The molecule has 1 atom stereocenters. The molecule has 1 aromatic heterocycles. The number of halogens is 2. The predicted octanol–water partition coefficient (Wildman–Crippen LogP) is 3.42. The number of hydrogen-bond acceptors (Lipinski definition) is 2. The van der Waals surface area contributed by atoms with Crippen molar-refractivity contribution in [2.75, 3.05) is 0 Å². The van der Waals surface area contributed by atoms with E-state index in [1.807, 2.05) is 6.92 Å². The van der Waals surface area contributed by atoms with Crippen LogP contribution >= 0.6 is 11.6 Å². The summed E-state index contributed by atoms with van der Waals surface area (Å²) in [5, 5.41) is 0.181. The van der Waals surface area contributed by atoms with Crippen molar-refractivity contribution < 1.29 is 4.39 Å². The predicted molar refractivity (Wildman–Crippen MR) is 61.0 cm³/mol. The SMILES string of the molecule is CC(c1ccnc(Cl)n1)c1ccccc1F. The van der Waals surface area contributed by atoms with Gasteiger partial charge in [0.2, 0.25) is 5.28 Å². The minimum Gasteiger partial charge on any atom is -0.227 e. The van der Waals surface area contributed by atoms with Crippen molar-refractivity contribution in [1.29, 1.82) is 0 Å². The molecule has 0 saturated carbocycles. The molecule has 0 radical (unpaired) electrons. The molecular formula is C12H10ClFN2. The monoisotopic (exact) mass is 236 g/mol. The van der Waals surface area contributed by atoms with Gasteiger partial charge in [-0.1, -0.05) is 25.1 Å². The van der Waals surface area contributed by atoms with E-state index in [2.05, 4.69) is 9.97 Å². The minimum atomic E-state index is -0.232. The lowest BCUT2D eigenvalue weighted by Gasteiger charge is -2.11. The molecule has 2 aromatic rings. The molecule has 82 valence electrons. The van der Waals surface area contributed by atoms with Crippen molar-refractivity contribution in [2.45, 2.75) is 12.8 Å². The molecule has 1 aromatic carbocycles. The van der Waals surface area contributed by atoms with Crippen molar-refractivity contribution in [3.8, 4) is 0 Å². The van der Waals surface area contributed by atoms with Crippen molar-refractivity contribution in [3.63, 3.8) is 0 Å². The highest BCUT2D eigenvalue weighted by atomic mass is 35.5. The third-order valence-corrected chi connectivity index (χ3v) is 2.65. The fourth-order valence-corrected chi connectivity index (χ4v) is 1.73. The van der Waals surface area contributed by atoms with E-state index in [4.69, 9.17) is 11.6 Å². The van der Waals surface area contributed by atoms with Gasteiger partial charge in [-0.15, -0.1) is 0 Å². The summed E-state index contributed by atoms with van der Waals surface area (Å²) in [5.41, 5.74) is 1.32. The first-order valence-corrected chi connectivity index (χ1v) is 5.29. The lowest BCUT2D eigenvalue weighted by atomic mass is 9.97. The molecule has 0 N–H and O–H groups in total. The standard InChI is InChI=1S/C12H10ClFN2/c1-8(9-4-2-3-5-10(9)14)11-6-7-15-12(13)16-11/h2-8H,1H3. The summed E-state index contributed by atoms with van der Waals surface area (Å²) in [7, 11) is 0. The second-order valence-electron chi connectivity index (χ2n) is 3.49. The van der Waals surface area contributed by atoms with E-state index < -0.39 is 0 Å². The molecule has 0 aliphatic rings. The van der Waals surface area contributed by atoms with Gasteiger partial charge in [-0.3, -0.25) is 0 Å². The molecule has 16 heavy (non-hydrogen) atoms. The van der Waals surface area contributed by atoms with Gasteiger partial charge in [-0.2, -0.15) is 0 Å². The Morgan fingerprint density at radius 3 is 2.69 bits per heavy atom. The molecule has 1 unspecified atom stereocenters. The van der Waals surface area contributed by atoms with Gasteiger partial charge in [0.05, 0.1) is 5.69 Å². The van der Waals surface area contributed by atoms with Crippen LogP contribution in [0.3, 0.4) is 0 Å². The van der Waals surface area contributed by atoms with Crippen LogP contribution < -0.4 is 0 Å². The Balaban J connectivity index is 2.39. The maximum Gasteiger partial charge on any atom is 0.222 e. The van der Waals surface area contributed by atoms with Crippen LogP contribution in [0.1, 0.15) is 24.1 Å². The Labute approximate surface area is 98.1 Å². The average molecular weight is 237 g/mol. The Morgan fingerprint density at radius 1 is 1.25 bits per heavy atom. The van der Waals surface area contributed by atoms with E-state index in [9.17, 15) is 4.39 Å². The van der Waals surface area contributed by atoms with E-state index in [0.29, 0.717) is 11.3 Å². The Kier molecular flexibility index (Phi) is 3.15. The zero-order valence-corrected chi connectivity index (χ0v) is 9.45. The Hall–Kier alpha value is -1.48. The van der Waals surface area contributed by atoms with Gasteiger partial charge in [-0.05, 0) is 29.3 Å². The highest BCUT2D eigenvalue weighted by Crippen LogP contribution is 2.24. The number of nitrogens with zero attached hydrogens (tertiary/aromatic N) is 2. The number of rotatable bonds is 2. The number of hydrogen-bond donors (Lipinski definition) is 0. The van der Waals surface area contributed by atoms with Gasteiger partial charge >= 0.3 is 0 Å². The van der Waals surface area contributed by atoms with Crippen molar-refractivity contribution in [3.05, 3.63) is 58.9 Å². The second kappa shape index (κ2) is 4.58. The minimum absolute atomic E-state index is 0.137. The fraction of sp³-hybridized carbons (Fsp3) is 0.167. The smallest absolute Gasteiger partial charge is 0.222 e. The summed E-state index contributed by atoms with van der Waals surface area (Å²) in [6.07, 6.45) is 1.57. The molecule has 0 saturated heterocycles. The molecule has 0 bridgehead atoms. The highest BCUT2D eigenvalue weighted by molar-refractivity contribution is 6.28. The molecule has 0 amide bonds. The van der Waals surface area contributed by atoms with Crippen LogP contribution in [0.5, 0.6) is 0 Å². The molecule has 2 rings (SSSR count). The maximum atomic E-state index is 13.5. The molecule has 1 heterocycles. The van der Waals surface area contributed by atoms with E-state index in [1.165, 1.54) is 6.07 Å². The van der Waals surface area contributed by atoms with Crippen LogP contribution in [-0.2, 0) is 0 Å². The summed E-state index contributed by atoms with van der Waals surface area (Å²) < 4.78 is 13.5. The van der Waals surface area contributed by atoms with Crippen LogP contribution in [-0.4, -0.2) is 9.97 Å². The molecule has 2 nitrogen and oxygen atoms in total. The van der Waals surface area contributed by atoms with E-state index in [-0.39, 0.29) is 17.0 Å². The van der Waals surface area contributed by atoms with Crippen LogP contribution in [0.2, 0.25) is 5.28 Å². The average Bonchev–Trinajstić information content (AvgIpc) is 2.29. The quantitative estimate of drug-likeness (QED) is 0.747. The lowest BCUT2D eigenvalue weighted by Crippen LogP contribution is -2.02. The zero-order chi connectivity index (χ0) is 11.5. The van der Waals surface area contributed by atoms with Gasteiger partial charge in [0.15, 0.2) is 0 Å². The van der Waals surface area contributed by atoms with Gasteiger partial charge in [0, 0.05) is 12.1 Å². The first-order valence-electron chi connectivity index (χ1n) is 4.91. The third kappa shape index (κ3) is 2.19. The van der Waals surface area contributed by atoms with E-state index in [1.54, 1.807) is 30.5 Å². The largest absolute Gasteiger partial charge is 0.227 e. The second-order valence-corrected chi connectivity index (χ2v) is 3.83. The van der Waals surface area contributed by atoms with E-state index >= 15 is 0 Å². The normalized spacial score (nSPS) is 12.4. The fourth-order valence-electron chi connectivity index (χ4n) is 1.57. The van der Waals surface area contributed by atoms with Crippen LogP contribution in [0.25, 0.3) is 0 Å². The van der Waals surface area contributed by atoms with Crippen LogP contribution in [0.15, 0.2) is 36.5 Å². The molecule has 0 fully saturated rings. The van der Waals surface area contributed by atoms with Gasteiger partial charge in [0.25, 0.3) is 0 Å². The summed E-state index contributed by atoms with van der Waals surface area (Å²) >= 11 is 5.70. The third-order valence-electron chi connectivity index (χ3n) is 2.46. The topological polar surface area (TPSA) is 25.8 Å². The number of benzene rings is 1. The van der Waals surface area contributed by atoms with E-state index in [0.717, 1.165) is 0 Å². The maximum absolute atomic E-state index is 13.5. The van der Waals surface area contributed by atoms with Crippen LogP contribution in [0, 0.1) is 5.82 Å². The Bertz CT molecular complexity index is 502. The first-order chi connectivity index (χ1) is 7.68. The van der Waals surface area contributed by atoms with Crippen molar-refractivity contribution in [1.82, 2.24) is 9.97 Å². The molecule has 4 heteroatoms.